The number of piperidine rings is 1. The van der Waals surface area contributed by atoms with Gasteiger partial charge in [-0.05, 0) is 18.8 Å². The molecule has 0 amide bonds. The number of aromatic nitrogens is 1. The van der Waals surface area contributed by atoms with Crippen molar-refractivity contribution in [2.24, 2.45) is 5.92 Å². The maximum absolute atomic E-state index is 13.7. The standard InChI is InChI=1S/C12H17F2N3/c1-8-4-3-5-17(7-8)12-10(14)6-9(13)11(15-2)16-12/h6,8H,3-5,7H2,1-2H3,(H,15,16). The molecule has 0 spiro atoms. The van der Waals surface area contributed by atoms with Crippen LogP contribution < -0.4 is 10.2 Å². The Morgan fingerprint density at radius 1 is 1.41 bits per heavy atom. The van der Waals surface area contributed by atoms with Gasteiger partial charge in [0.05, 0.1) is 0 Å². The van der Waals surface area contributed by atoms with Crippen LogP contribution in [0, 0.1) is 17.6 Å². The highest BCUT2D eigenvalue weighted by molar-refractivity contribution is 5.49. The molecule has 1 aliphatic heterocycles. The summed E-state index contributed by atoms with van der Waals surface area (Å²) < 4.78 is 27.0. The number of hydrogen-bond donors (Lipinski definition) is 1. The second kappa shape index (κ2) is 4.85. The van der Waals surface area contributed by atoms with Gasteiger partial charge >= 0.3 is 0 Å². The molecular weight excluding hydrogens is 224 g/mol. The molecule has 1 saturated heterocycles. The normalized spacial score (nSPS) is 20.5. The first-order valence-electron chi connectivity index (χ1n) is 5.90. The molecule has 1 aliphatic rings. The molecule has 1 fully saturated rings. The summed E-state index contributed by atoms with van der Waals surface area (Å²) in [6, 6.07) is 0.896. The molecule has 2 heterocycles. The largest absolute Gasteiger partial charge is 0.371 e. The Morgan fingerprint density at radius 3 is 2.82 bits per heavy atom. The maximum atomic E-state index is 13.7. The predicted molar refractivity (Wildman–Crippen MR) is 64.3 cm³/mol. The van der Waals surface area contributed by atoms with Gasteiger partial charge in [0, 0.05) is 26.2 Å². The van der Waals surface area contributed by atoms with Crippen molar-refractivity contribution in [1.29, 1.82) is 0 Å². The molecule has 3 nitrogen and oxygen atoms in total. The lowest BCUT2D eigenvalue weighted by molar-refractivity contribution is 0.438. The van der Waals surface area contributed by atoms with Crippen molar-refractivity contribution in [3.8, 4) is 0 Å². The maximum Gasteiger partial charge on any atom is 0.168 e. The van der Waals surface area contributed by atoms with Crippen LogP contribution in [-0.2, 0) is 0 Å². The number of hydrogen-bond acceptors (Lipinski definition) is 3. The number of pyridine rings is 1. The van der Waals surface area contributed by atoms with E-state index >= 15 is 0 Å². The van der Waals surface area contributed by atoms with Crippen molar-refractivity contribution in [2.45, 2.75) is 19.8 Å². The third-order valence-corrected chi connectivity index (χ3v) is 3.10. The fourth-order valence-electron chi connectivity index (χ4n) is 2.24. The summed E-state index contributed by atoms with van der Waals surface area (Å²) in [6.07, 6.45) is 2.17. The molecule has 17 heavy (non-hydrogen) atoms. The Hall–Kier alpha value is -1.39. The Kier molecular flexibility index (Phi) is 3.45. The number of nitrogens with zero attached hydrogens (tertiary/aromatic N) is 2. The molecule has 0 aliphatic carbocycles. The molecule has 1 atom stereocenters. The van der Waals surface area contributed by atoms with Gasteiger partial charge < -0.3 is 10.2 Å². The molecule has 0 saturated carbocycles. The van der Waals surface area contributed by atoms with Crippen LogP contribution in [0.1, 0.15) is 19.8 Å². The lowest BCUT2D eigenvalue weighted by atomic mass is 10.0. The number of halogens is 2. The molecule has 2 rings (SSSR count). The van der Waals surface area contributed by atoms with E-state index in [4.69, 9.17) is 0 Å². The van der Waals surface area contributed by atoms with E-state index in [-0.39, 0.29) is 11.6 Å². The third kappa shape index (κ3) is 2.48. The number of rotatable bonds is 2. The lowest BCUT2D eigenvalue weighted by Crippen LogP contribution is -2.35. The quantitative estimate of drug-likeness (QED) is 0.862. The van der Waals surface area contributed by atoms with Crippen LogP contribution in [0.5, 0.6) is 0 Å². The van der Waals surface area contributed by atoms with E-state index in [2.05, 4.69) is 17.2 Å². The van der Waals surface area contributed by atoms with Gasteiger partial charge in [-0.15, -0.1) is 0 Å². The van der Waals surface area contributed by atoms with Crippen LogP contribution >= 0.6 is 0 Å². The van der Waals surface area contributed by atoms with Crippen LogP contribution in [0.4, 0.5) is 20.4 Å². The molecular formula is C12H17F2N3. The zero-order chi connectivity index (χ0) is 12.4. The van der Waals surface area contributed by atoms with E-state index in [1.165, 1.54) is 0 Å². The van der Waals surface area contributed by atoms with Gasteiger partial charge in [-0.2, -0.15) is 0 Å². The summed E-state index contributed by atoms with van der Waals surface area (Å²) in [5.41, 5.74) is 0. The summed E-state index contributed by atoms with van der Waals surface area (Å²) in [6.45, 7) is 3.69. The van der Waals surface area contributed by atoms with Crippen molar-refractivity contribution in [1.82, 2.24) is 4.98 Å². The van der Waals surface area contributed by atoms with Gasteiger partial charge in [-0.1, -0.05) is 6.92 Å². The molecule has 1 N–H and O–H groups in total. The van der Waals surface area contributed by atoms with Gasteiger partial charge in [0.1, 0.15) is 0 Å². The average molecular weight is 241 g/mol. The van der Waals surface area contributed by atoms with E-state index in [0.717, 1.165) is 32.0 Å². The van der Waals surface area contributed by atoms with Crippen molar-refractivity contribution in [2.75, 3.05) is 30.4 Å². The van der Waals surface area contributed by atoms with Crippen molar-refractivity contribution in [3.05, 3.63) is 17.7 Å². The monoisotopic (exact) mass is 241 g/mol. The highest BCUT2D eigenvalue weighted by Crippen LogP contribution is 2.26. The number of nitrogens with one attached hydrogen (secondary N) is 1. The van der Waals surface area contributed by atoms with Gasteiger partial charge in [0.2, 0.25) is 0 Å². The van der Waals surface area contributed by atoms with Gasteiger partial charge in [-0.3, -0.25) is 0 Å². The SMILES string of the molecule is CNc1nc(N2CCCC(C)C2)c(F)cc1F. The Labute approximate surface area is 99.8 Å². The zero-order valence-electron chi connectivity index (χ0n) is 10.1. The summed E-state index contributed by atoms with van der Waals surface area (Å²) in [4.78, 5) is 5.91. The van der Waals surface area contributed by atoms with Crippen LogP contribution in [-0.4, -0.2) is 25.1 Å². The zero-order valence-corrected chi connectivity index (χ0v) is 10.1. The van der Waals surface area contributed by atoms with E-state index < -0.39 is 11.6 Å². The van der Waals surface area contributed by atoms with Crippen molar-refractivity contribution < 1.29 is 8.78 Å². The molecule has 0 aromatic carbocycles. The lowest BCUT2D eigenvalue weighted by Gasteiger charge is -2.32. The minimum Gasteiger partial charge on any atom is -0.371 e. The summed E-state index contributed by atoms with van der Waals surface area (Å²) >= 11 is 0. The first kappa shape index (κ1) is 12.1. The minimum atomic E-state index is -0.654. The Bertz CT molecular complexity index is 409. The fraction of sp³-hybridized carbons (Fsp3) is 0.583. The van der Waals surface area contributed by atoms with Crippen LogP contribution in [0.15, 0.2) is 6.07 Å². The molecule has 0 radical (unpaired) electrons. The molecule has 1 aromatic heterocycles. The fourth-order valence-corrected chi connectivity index (χ4v) is 2.24. The van der Waals surface area contributed by atoms with Crippen molar-refractivity contribution in [3.63, 3.8) is 0 Å². The molecule has 5 heteroatoms. The summed E-state index contributed by atoms with van der Waals surface area (Å²) in [7, 11) is 1.58. The Morgan fingerprint density at radius 2 is 2.18 bits per heavy atom. The summed E-state index contributed by atoms with van der Waals surface area (Å²) in [5.74, 6) is -0.371. The van der Waals surface area contributed by atoms with Crippen LogP contribution in [0.2, 0.25) is 0 Å². The highest BCUT2D eigenvalue weighted by atomic mass is 19.1. The minimum absolute atomic E-state index is 0.0969. The molecule has 1 unspecified atom stereocenters. The smallest absolute Gasteiger partial charge is 0.168 e. The predicted octanol–water partition coefficient (Wildman–Crippen LogP) is 2.64. The first-order chi connectivity index (χ1) is 8.11. The molecule has 1 aromatic rings. The Balaban J connectivity index is 2.30. The van der Waals surface area contributed by atoms with Crippen molar-refractivity contribution >= 4 is 11.6 Å². The van der Waals surface area contributed by atoms with Gasteiger partial charge in [0.25, 0.3) is 0 Å². The second-order valence-electron chi connectivity index (χ2n) is 4.57. The average Bonchev–Trinajstić information content (AvgIpc) is 2.29. The highest BCUT2D eigenvalue weighted by Gasteiger charge is 2.22. The van der Waals surface area contributed by atoms with Crippen LogP contribution in [0.25, 0.3) is 0 Å². The second-order valence-corrected chi connectivity index (χ2v) is 4.57. The molecule has 94 valence electrons. The van der Waals surface area contributed by atoms with Crippen LogP contribution in [0.3, 0.4) is 0 Å². The van der Waals surface area contributed by atoms with E-state index in [9.17, 15) is 8.78 Å². The van der Waals surface area contributed by atoms with E-state index in [1.54, 1.807) is 7.05 Å². The van der Waals surface area contributed by atoms with E-state index in [0.29, 0.717) is 5.92 Å². The number of anilines is 2. The third-order valence-electron chi connectivity index (χ3n) is 3.10. The van der Waals surface area contributed by atoms with Gasteiger partial charge in [-0.25, -0.2) is 13.8 Å². The van der Waals surface area contributed by atoms with E-state index in [1.807, 2.05) is 4.90 Å². The van der Waals surface area contributed by atoms with Gasteiger partial charge in [0.15, 0.2) is 23.3 Å². The summed E-state index contributed by atoms with van der Waals surface area (Å²) in [5, 5.41) is 2.63. The first-order valence-corrected chi connectivity index (χ1v) is 5.90. The topological polar surface area (TPSA) is 28.2 Å². The molecule has 0 bridgehead atoms.